The van der Waals surface area contributed by atoms with Crippen LogP contribution in [0.25, 0.3) is 0 Å². The highest BCUT2D eigenvalue weighted by Gasteiger charge is 2.35. The smallest absolute Gasteiger partial charge is 0.0915 e. The molecule has 2 aliphatic heterocycles. The molecule has 0 amide bonds. The Morgan fingerprint density at radius 1 is 1.20 bits per heavy atom. The maximum absolute atomic E-state index is 5.75. The number of ether oxygens (including phenoxy) is 1. The minimum absolute atomic E-state index is 0.374. The summed E-state index contributed by atoms with van der Waals surface area (Å²) in [5.74, 6) is 0. The Kier molecular flexibility index (Phi) is 2.35. The van der Waals surface area contributed by atoms with Gasteiger partial charge in [0.25, 0.3) is 0 Å². The molecule has 0 spiro atoms. The molecule has 0 bridgehead atoms. The fourth-order valence-electron chi connectivity index (χ4n) is 2.53. The molecule has 0 aliphatic carbocycles. The lowest BCUT2D eigenvalue weighted by Gasteiger charge is -2.38. The lowest BCUT2D eigenvalue weighted by Crippen LogP contribution is -2.50. The van der Waals surface area contributed by atoms with E-state index in [0.29, 0.717) is 12.1 Å². The molecule has 1 aromatic rings. The van der Waals surface area contributed by atoms with Crippen LogP contribution < -0.4 is 10.2 Å². The van der Waals surface area contributed by atoms with Gasteiger partial charge in [-0.2, -0.15) is 0 Å². The lowest BCUT2D eigenvalue weighted by molar-refractivity contribution is 0.0350. The van der Waals surface area contributed by atoms with Gasteiger partial charge in [0, 0.05) is 25.3 Å². The zero-order valence-electron chi connectivity index (χ0n) is 8.73. The molecule has 1 N–H and O–H groups in total. The number of morpholine rings is 1. The maximum Gasteiger partial charge on any atom is 0.0915 e. The molecule has 2 heterocycles. The van der Waals surface area contributed by atoms with Gasteiger partial charge in [-0.1, -0.05) is 18.2 Å². The van der Waals surface area contributed by atoms with Crippen molar-refractivity contribution < 1.29 is 4.74 Å². The van der Waals surface area contributed by atoms with Gasteiger partial charge in [0.1, 0.15) is 0 Å². The molecule has 2 saturated heterocycles. The standard InChI is InChI=1S/C12H16N2O/c1-2-4-10(5-3-1)14-6-7-15-12-9-13-8-11(12)14/h1-5,11-13H,6-9H2/t11-,12+/m1/s1. The van der Waals surface area contributed by atoms with Gasteiger partial charge in [-0.3, -0.25) is 0 Å². The molecule has 0 unspecified atom stereocenters. The second kappa shape index (κ2) is 3.83. The van der Waals surface area contributed by atoms with Crippen molar-refractivity contribution >= 4 is 5.69 Å². The Labute approximate surface area is 90.0 Å². The van der Waals surface area contributed by atoms with Gasteiger partial charge in [0.2, 0.25) is 0 Å². The molecular formula is C12H16N2O. The minimum atomic E-state index is 0.374. The predicted molar refractivity (Wildman–Crippen MR) is 60.2 cm³/mol. The van der Waals surface area contributed by atoms with Gasteiger partial charge >= 0.3 is 0 Å². The lowest BCUT2D eigenvalue weighted by atomic mass is 10.1. The van der Waals surface area contributed by atoms with Gasteiger partial charge in [-0.25, -0.2) is 0 Å². The monoisotopic (exact) mass is 204 g/mol. The van der Waals surface area contributed by atoms with Crippen molar-refractivity contribution in [2.24, 2.45) is 0 Å². The number of nitrogens with zero attached hydrogens (tertiary/aromatic N) is 1. The van der Waals surface area contributed by atoms with Crippen LogP contribution in [0.15, 0.2) is 30.3 Å². The highest BCUT2D eigenvalue weighted by atomic mass is 16.5. The summed E-state index contributed by atoms with van der Waals surface area (Å²) in [5.41, 5.74) is 1.32. The number of fused-ring (bicyclic) bond motifs is 1. The molecular weight excluding hydrogens is 188 g/mol. The molecule has 2 fully saturated rings. The Hall–Kier alpha value is -1.06. The molecule has 2 aliphatic rings. The van der Waals surface area contributed by atoms with Crippen molar-refractivity contribution in [1.82, 2.24) is 5.32 Å². The second-order valence-corrected chi connectivity index (χ2v) is 4.16. The number of rotatable bonds is 1. The summed E-state index contributed by atoms with van der Waals surface area (Å²) in [6, 6.07) is 11.1. The molecule has 1 aromatic carbocycles. The van der Waals surface area contributed by atoms with Crippen molar-refractivity contribution in [3.05, 3.63) is 30.3 Å². The zero-order chi connectivity index (χ0) is 10.1. The molecule has 0 radical (unpaired) electrons. The van der Waals surface area contributed by atoms with Crippen molar-refractivity contribution in [3.8, 4) is 0 Å². The Bertz CT molecular complexity index is 328. The van der Waals surface area contributed by atoms with Gasteiger partial charge in [-0.05, 0) is 12.1 Å². The summed E-state index contributed by atoms with van der Waals surface area (Å²) < 4.78 is 5.75. The first kappa shape index (κ1) is 9.19. The van der Waals surface area contributed by atoms with Gasteiger partial charge < -0.3 is 15.0 Å². The molecule has 80 valence electrons. The highest BCUT2D eigenvalue weighted by Crippen LogP contribution is 2.24. The molecule has 2 atom stereocenters. The predicted octanol–water partition coefficient (Wildman–Crippen LogP) is 0.864. The number of hydrogen-bond acceptors (Lipinski definition) is 3. The van der Waals surface area contributed by atoms with E-state index in [4.69, 9.17) is 4.74 Å². The topological polar surface area (TPSA) is 24.5 Å². The number of hydrogen-bond donors (Lipinski definition) is 1. The molecule has 3 nitrogen and oxygen atoms in total. The second-order valence-electron chi connectivity index (χ2n) is 4.16. The summed E-state index contributed by atoms with van der Waals surface area (Å²) in [4.78, 5) is 2.47. The third-order valence-corrected chi connectivity index (χ3v) is 3.28. The zero-order valence-corrected chi connectivity index (χ0v) is 8.73. The third kappa shape index (κ3) is 1.62. The average Bonchev–Trinajstić information content (AvgIpc) is 2.78. The van der Waals surface area contributed by atoms with E-state index in [2.05, 4.69) is 40.5 Å². The third-order valence-electron chi connectivity index (χ3n) is 3.28. The summed E-state index contributed by atoms with van der Waals surface area (Å²) in [6.45, 7) is 3.89. The largest absolute Gasteiger partial charge is 0.373 e. The number of anilines is 1. The van der Waals surface area contributed by atoms with E-state index in [1.165, 1.54) is 5.69 Å². The van der Waals surface area contributed by atoms with Crippen LogP contribution in [0.2, 0.25) is 0 Å². The van der Waals surface area contributed by atoms with Crippen LogP contribution in [-0.2, 0) is 4.74 Å². The van der Waals surface area contributed by atoms with E-state index in [9.17, 15) is 0 Å². The van der Waals surface area contributed by atoms with Gasteiger partial charge in [0.05, 0.1) is 18.8 Å². The summed E-state index contributed by atoms with van der Waals surface area (Å²) in [6.07, 6.45) is 0.374. The van der Waals surface area contributed by atoms with Gasteiger partial charge in [-0.15, -0.1) is 0 Å². The van der Waals surface area contributed by atoms with E-state index in [0.717, 1.165) is 26.2 Å². The van der Waals surface area contributed by atoms with Crippen molar-refractivity contribution in [2.75, 3.05) is 31.1 Å². The molecule has 0 aromatic heterocycles. The van der Waals surface area contributed by atoms with E-state index in [1.807, 2.05) is 0 Å². The molecule has 3 rings (SSSR count). The number of para-hydroxylation sites is 1. The first-order valence-corrected chi connectivity index (χ1v) is 5.59. The Morgan fingerprint density at radius 2 is 2.07 bits per heavy atom. The van der Waals surface area contributed by atoms with Crippen LogP contribution in [0.3, 0.4) is 0 Å². The molecule has 3 heteroatoms. The van der Waals surface area contributed by atoms with Crippen LogP contribution in [0.4, 0.5) is 5.69 Å². The SMILES string of the molecule is c1ccc(N2CCO[C@H]3CNC[C@H]32)cc1. The number of nitrogens with one attached hydrogen (secondary N) is 1. The summed E-state index contributed by atoms with van der Waals surface area (Å²) >= 11 is 0. The fourth-order valence-corrected chi connectivity index (χ4v) is 2.53. The Morgan fingerprint density at radius 3 is 2.93 bits per heavy atom. The van der Waals surface area contributed by atoms with E-state index < -0.39 is 0 Å². The Balaban J connectivity index is 1.85. The first-order chi connectivity index (χ1) is 7.45. The normalized spacial score (nSPS) is 30.3. The molecule has 15 heavy (non-hydrogen) atoms. The van der Waals surface area contributed by atoms with E-state index in [1.54, 1.807) is 0 Å². The molecule has 0 saturated carbocycles. The van der Waals surface area contributed by atoms with Crippen molar-refractivity contribution in [1.29, 1.82) is 0 Å². The number of benzene rings is 1. The first-order valence-electron chi connectivity index (χ1n) is 5.59. The maximum atomic E-state index is 5.75. The quantitative estimate of drug-likeness (QED) is 0.734. The van der Waals surface area contributed by atoms with Crippen molar-refractivity contribution in [2.45, 2.75) is 12.1 Å². The van der Waals surface area contributed by atoms with E-state index >= 15 is 0 Å². The minimum Gasteiger partial charge on any atom is -0.373 e. The van der Waals surface area contributed by atoms with E-state index in [-0.39, 0.29) is 0 Å². The fraction of sp³-hybridized carbons (Fsp3) is 0.500. The average molecular weight is 204 g/mol. The van der Waals surface area contributed by atoms with Crippen LogP contribution in [0.5, 0.6) is 0 Å². The van der Waals surface area contributed by atoms with Crippen LogP contribution in [-0.4, -0.2) is 38.4 Å². The van der Waals surface area contributed by atoms with Crippen LogP contribution >= 0.6 is 0 Å². The van der Waals surface area contributed by atoms with Crippen LogP contribution in [0.1, 0.15) is 0 Å². The summed E-state index contributed by atoms with van der Waals surface area (Å²) in [7, 11) is 0. The van der Waals surface area contributed by atoms with Gasteiger partial charge in [0.15, 0.2) is 0 Å². The highest BCUT2D eigenvalue weighted by molar-refractivity contribution is 5.48. The van der Waals surface area contributed by atoms with Crippen LogP contribution in [0, 0.1) is 0 Å². The summed E-state index contributed by atoms with van der Waals surface area (Å²) in [5, 5.41) is 3.40. The van der Waals surface area contributed by atoms with Crippen molar-refractivity contribution in [3.63, 3.8) is 0 Å².